The van der Waals surface area contributed by atoms with Crippen molar-refractivity contribution in [2.45, 2.75) is 0 Å². The molecule has 0 saturated carbocycles. The van der Waals surface area contributed by atoms with E-state index in [2.05, 4.69) is 59.9 Å². The molecule has 4 heteroatoms. The van der Waals surface area contributed by atoms with E-state index in [1.807, 2.05) is 91.0 Å². The molecular formula is C38H27N3O. The number of hydrogen-bond acceptors (Lipinski definition) is 3. The van der Waals surface area contributed by atoms with Gasteiger partial charge in [0, 0.05) is 27.5 Å². The van der Waals surface area contributed by atoms with Gasteiger partial charge in [0.05, 0.1) is 23.4 Å². The van der Waals surface area contributed by atoms with Gasteiger partial charge < -0.3 is 9.73 Å². The zero-order chi connectivity index (χ0) is 28.3. The van der Waals surface area contributed by atoms with Crippen LogP contribution in [0.15, 0.2) is 155 Å². The van der Waals surface area contributed by atoms with Gasteiger partial charge in [-0.15, -0.1) is 0 Å². The van der Waals surface area contributed by atoms with E-state index in [9.17, 15) is 0 Å². The maximum absolute atomic E-state index is 8.97. The molecule has 7 rings (SSSR count). The van der Waals surface area contributed by atoms with Crippen LogP contribution in [-0.2, 0) is 0 Å². The predicted octanol–water partition coefficient (Wildman–Crippen LogP) is 10.1. The van der Waals surface area contributed by atoms with E-state index in [1.165, 1.54) is 0 Å². The molecule has 7 aromatic rings. The summed E-state index contributed by atoms with van der Waals surface area (Å²) in [7, 11) is 0. The maximum Gasteiger partial charge on any atom is 0.145 e. The number of rotatable bonds is 7. The fourth-order valence-electron chi connectivity index (χ4n) is 5.39. The van der Waals surface area contributed by atoms with E-state index >= 15 is 0 Å². The summed E-state index contributed by atoms with van der Waals surface area (Å²) in [5.41, 5.74) is 9.65. The number of benzene rings is 6. The molecular weight excluding hydrogens is 514 g/mol. The van der Waals surface area contributed by atoms with Crippen LogP contribution in [0.1, 0.15) is 11.1 Å². The predicted molar refractivity (Wildman–Crippen MR) is 175 cm³/mol. The van der Waals surface area contributed by atoms with Crippen LogP contribution in [0.3, 0.4) is 0 Å². The molecule has 42 heavy (non-hydrogen) atoms. The zero-order valence-electron chi connectivity index (χ0n) is 22.8. The van der Waals surface area contributed by atoms with Crippen molar-refractivity contribution in [3.8, 4) is 22.3 Å². The summed E-state index contributed by atoms with van der Waals surface area (Å²) in [6, 6.07) is 48.7. The van der Waals surface area contributed by atoms with Crippen LogP contribution in [0.25, 0.3) is 44.2 Å². The standard InChI is InChI=1S/C38H27N3O/c39-37(29-21-19-27(20-22-29)26-11-3-1-4-12-26)32-16-7-9-17-33(32)40-25-41-34-24-23-31-30-15-8-10-18-35(30)42-38(31)36(34)28-13-5-2-6-14-28/h1-25,39H,(H,40,41). The minimum atomic E-state index is 0.427. The van der Waals surface area contributed by atoms with Crippen molar-refractivity contribution in [3.63, 3.8) is 0 Å². The van der Waals surface area contributed by atoms with Crippen LogP contribution >= 0.6 is 0 Å². The van der Waals surface area contributed by atoms with Crippen molar-refractivity contribution < 1.29 is 4.42 Å². The van der Waals surface area contributed by atoms with Crippen molar-refractivity contribution in [2.75, 3.05) is 5.32 Å². The highest BCUT2D eigenvalue weighted by molar-refractivity contribution is 6.15. The molecule has 0 unspecified atom stereocenters. The lowest BCUT2D eigenvalue weighted by Crippen LogP contribution is -2.02. The maximum atomic E-state index is 8.97. The number of fused-ring (bicyclic) bond motifs is 3. The molecule has 0 atom stereocenters. The first-order valence-electron chi connectivity index (χ1n) is 13.9. The van der Waals surface area contributed by atoms with Gasteiger partial charge in [-0.3, -0.25) is 5.41 Å². The molecule has 4 nitrogen and oxygen atoms in total. The molecule has 0 aliphatic carbocycles. The Kier molecular flexibility index (Phi) is 6.63. The van der Waals surface area contributed by atoms with Gasteiger partial charge in [-0.1, -0.05) is 121 Å². The van der Waals surface area contributed by atoms with Crippen LogP contribution < -0.4 is 5.32 Å². The zero-order valence-corrected chi connectivity index (χ0v) is 22.8. The molecule has 0 radical (unpaired) electrons. The number of anilines is 1. The number of nitrogens with zero attached hydrogens (tertiary/aromatic N) is 1. The normalized spacial score (nSPS) is 11.3. The van der Waals surface area contributed by atoms with Gasteiger partial charge in [0.25, 0.3) is 0 Å². The highest BCUT2D eigenvalue weighted by atomic mass is 16.3. The molecule has 6 aromatic carbocycles. The number of furan rings is 1. The third-order valence-corrected chi connectivity index (χ3v) is 7.49. The van der Waals surface area contributed by atoms with Crippen molar-refractivity contribution in [3.05, 3.63) is 157 Å². The fourth-order valence-corrected chi connectivity index (χ4v) is 5.39. The molecule has 1 aromatic heterocycles. The molecule has 0 amide bonds. The van der Waals surface area contributed by atoms with Gasteiger partial charge in [0.15, 0.2) is 0 Å². The van der Waals surface area contributed by atoms with Crippen molar-refractivity contribution >= 4 is 45.4 Å². The topological polar surface area (TPSA) is 61.4 Å². The first-order chi connectivity index (χ1) is 20.8. The Bertz CT molecular complexity index is 2060. The van der Waals surface area contributed by atoms with Gasteiger partial charge in [-0.05, 0) is 41.0 Å². The molecule has 0 spiro atoms. The second-order valence-electron chi connectivity index (χ2n) is 10.1. The highest BCUT2D eigenvalue weighted by Crippen LogP contribution is 2.40. The monoisotopic (exact) mass is 541 g/mol. The van der Waals surface area contributed by atoms with E-state index in [-0.39, 0.29) is 0 Å². The van der Waals surface area contributed by atoms with Gasteiger partial charge in [-0.2, -0.15) is 0 Å². The molecule has 200 valence electrons. The van der Waals surface area contributed by atoms with E-state index in [4.69, 9.17) is 14.8 Å². The summed E-state index contributed by atoms with van der Waals surface area (Å²) >= 11 is 0. The Hall–Kier alpha value is -5.74. The van der Waals surface area contributed by atoms with Crippen LogP contribution in [0.5, 0.6) is 0 Å². The Morgan fingerprint density at radius 2 is 1.24 bits per heavy atom. The third kappa shape index (κ3) is 4.76. The SMILES string of the molecule is N=C(c1ccc(-c2ccccc2)cc1)c1ccccc1/N=C/Nc1ccc2c(oc3ccccc32)c1-c1ccccc1. The molecule has 0 aliphatic rings. The number of para-hydroxylation sites is 2. The lowest BCUT2D eigenvalue weighted by atomic mass is 9.98. The summed E-state index contributed by atoms with van der Waals surface area (Å²) < 4.78 is 6.37. The van der Waals surface area contributed by atoms with Gasteiger partial charge in [0.2, 0.25) is 0 Å². The number of nitrogens with one attached hydrogen (secondary N) is 2. The average molecular weight is 542 g/mol. The van der Waals surface area contributed by atoms with Gasteiger partial charge >= 0.3 is 0 Å². The van der Waals surface area contributed by atoms with Crippen molar-refractivity contribution in [1.82, 2.24) is 0 Å². The van der Waals surface area contributed by atoms with Crippen LogP contribution in [0.4, 0.5) is 11.4 Å². The van der Waals surface area contributed by atoms with E-state index in [0.29, 0.717) is 11.4 Å². The third-order valence-electron chi connectivity index (χ3n) is 7.49. The van der Waals surface area contributed by atoms with Gasteiger partial charge in [-0.25, -0.2) is 4.99 Å². The van der Waals surface area contributed by atoms with Crippen molar-refractivity contribution in [2.24, 2.45) is 4.99 Å². The quantitative estimate of drug-likeness (QED) is 0.156. The second-order valence-corrected chi connectivity index (χ2v) is 10.1. The highest BCUT2D eigenvalue weighted by Gasteiger charge is 2.16. The molecule has 0 bridgehead atoms. The lowest BCUT2D eigenvalue weighted by Gasteiger charge is -2.11. The largest absolute Gasteiger partial charge is 0.455 e. The van der Waals surface area contributed by atoms with Gasteiger partial charge in [0.1, 0.15) is 11.2 Å². The number of aliphatic imine (C=N–C) groups is 1. The van der Waals surface area contributed by atoms with E-state index in [1.54, 1.807) is 6.34 Å². The van der Waals surface area contributed by atoms with Crippen molar-refractivity contribution in [1.29, 1.82) is 5.41 Å². The van der Waals surface area contributed by atoms with E-state index in [0.717, 1.165) is 61.0 Å². The first kappa shape index (κ1) is 25.2. The molecule has 0 aliphatic heterocycles. The van der Waals surface area contributed by atoms with E-state index < -0.39 is 0 Å². The second kappa shape index (κ2) is 11.0. The Labute approximate surface area is 244 Å². The molecule has 0 fully saturated rings. The average Bonchev–Trinajstić information content (AvgIpc) is 3.44. The Morgan fingerprint density at radius 1 is 0.595 bits per heavy atom. The summed E-state index contributed by atoms with van der Waals surface area (Å²) in [6.45, 7) is 0. The Balaban J connectivity index is 1.20. The summed E-state index contributed by atoms with van der Waals surface area (Å²) in [5, 5.41) is 14.5. The number of hydrogen-bond donors (Lipinski definition) is 2. The van der Waals surface area contributed by atoms with Crippen LogP contribution in [0, 0.1) is 5.41 Å². The van der Waals surface area contributed by atoms with Crippen LogP contribution in [0.2, 0.25) is 0 Å². The smallest absolute Gasteiger partial charge is 0.145 e. The Morgan fingerprint density at radius 3 is 2.02 bits per heavy atom. The molecule has 1 heterocycles. The minimum absolute atomic E-state index is 0.427. The summed E-state index contributed by atoms with van der Waals surface area (Å²) in [6.07, 6.45) is 1.70. The molecule has 0 saturated heterocycles. The molecule has 2 N–H and O–H groups in total. The summed E-state index contributed by atoms with van der Waals surface area (Å²) in [5.74, 6) is 0. The fraction of sp³-hybridized carbons (Fsp3) is 0. The lowest BCUT2D eigenvalue weighted by molar-refractivity contribution is 0.670. The first-order valence-corrected chi connectivity index (χ1v) is 13.9. The summed E-state index contributed by atoms with van der Waals surface area (Å²) in [4.78, 5) is 4.76. The van der Waals surface area contributed by atoms with Crippen LogP contribution in [-0.4, -0.2) is 12.1 Å². The minimum Gasteiger partial charge on any atom is -0.455 e.